The second kappa shape index (κ2) is 6.02. The highest BCUT2D eigenvalue weighted by Gasteiger charge is 2.24. The molecule has 0 amide bonds. The van der Waals surface area contributed by atoms with Gasteiger partial charge < -0.3 is 5.73 Å². The number of hydrogen-bond donors (Lipinski definition) is 1. The van der Waals surface area contributed by atoms with Crippen LogP contribution in [-0.4, -0.2) is 17.5 Å². The van der Waals surface area contributed by atoms with E-state index in [1.54, 1.807) is 0 Å². The number of hydrogen-bond acceptors (Lipinski definition) is 2. The van der Waals surface area contributed by atoms with Gasteiger partial charge in [0.05, 0.1) is 0 Å². The molecule has 4 unspecified atom stereocenters. The third-order valence-electron chi connectivity index (χ3n) is 3.57. The lowest BCUT2D eigenvalue weighted by molar-refractivity contribution is 0.283. The Kier molecular flexibility index (Phi) is 5.32. The first-order valence-electron chi connectivity index (χ1n) is 5.95. The molecule has 4 atom stereocenters. The summed E-state index contributed by atoms with van der Waals surface area (Å²) in [4.78, 5) is 0. The van der Waals surface area contributed by atoms with Crippen LogP contribution in [0.5, 0.6) is 0 Å². The van der Waals surface area contributed by atoms with Crippen LogP contribution in [0.15, 0.2) is 0 Å². The van der Waals surface area contributed by atoms with E-state index in [0.717, 1.165) is 23.6 Å². The first-order valence-corrected chi connectivity index (χ1v) is 7.00. The maximum absolute atomic E-state index is 5.62. The largest absolute Gasteiger partial charge is 0.330 e. The zero-order chi connectivity index (χ0) is 10.6. The molecular weight excluding hydrogens is 190 g/mol. The van der Waals surface area contributed by atoms with Gasteiger partial charge in [0.2, 0.25) is 0 Å². The van der Waals surface area contributed by atoms with Gasteiger partial charge in [-0.25, -0.2) is 0 Å². The quantitative estimate of drug-likeness (QED) is 0.779. The van der Waals surface area contributed by atoms with Crippen LogP contribution in [0.1, 0.15) is 40.0 Å². The van der Waals surface area contributed by atoms with Gasteiger partial charge in [-0.3, -0.25) is 0 Å². The molecule has 1 aliphatic rings. The predicted molar refractivity (Wildman–Crippen MR) is 66.6 cm³/mol. The van der Waals surface area contributed by atoms with E-state index < -0.39 is 0 Å². The van der Waals surface area contributed by atoms with Crippen molar-refractivity contribution in [1.82, 2.24) is 0 Å². The monoisotopic (exact) mass is 215 g/mol. The molecule has 0 radical (unpaired) electrons. The van der Waals surface area contributed by atoms with E-state index in [-0.39, 0.29) is 0 Å². The fourth-order valence-corrected chi connectivity index (χ4v) is 3.50. The van der Waals surface area contributed by atoms with E-state index in [9.17, 15) is 0 Å². The molecule has 1 nitrogen and oxygen atoms in total. The van der Waals surface area contributed by atoms with Crippen molar-refractivity contribution in [3.05, 3.63) is 0 Å². The molecule has 2 N–H and O–H groups in total. The minimum Gasteiger partial charge on any atom is -0.330 e. The summed E-state index contributed by atoms with van der Waals surface area (Å²) in [5.41, 5.74) is 5.62. The Bertz CT molecular complexity index is 160. The molecule has 0 saturated heterocycles. The van der Waals surface area contributed by atoms with Crippen LogP contribution in [-0.2, 0) is 0 Å². The van der Waals surface area contributed by atoms with E-state index in [1.807, 2.05) is 0 Å². The van der Waals surface area contributed by atoms with E-state index in [2.05, 4.69) is 32.5 Å². The van der Waals surface area contributed by atoms with Crippen LogP contribution in [0.25, 0.3) is 0 Å². The number of thioether (sulfide) groups is 1. The van der Waals surface area contributed by atoms with Crippen molar-refractivity contribution in [1.29, 1.82) is 0 Å². The summed E-state index contributed by atoms with van der Waals surface area (Å²) in [7, 11) is 0. The standard InChI is InChI=1S/C12H25NS/c1-9(7-13)8-14-12-5-4-10(2)11(3)6-12/h9-12H,4-8,13H2,1-3H3. The van der Waals surface area contributed by atoms with Crippen molar-refractivity contribution in [3.8, 4) is 0 Å². The average Bonchev–Trinajstić information content (AvgIpc) is 2.19. The van der Waals surface area contributed by atoms with Crippen molar-refractivity contribution in [2.24, 2.45) is 23.5 Å². The number of nitrogens with two attached hydrogens (primary N) is 1. The summed E-state index contributed by atoms with van der Waals surface area (Å²) in [5, 5.41) is 0.912. The Morgan fingerprint density at radius 1 is 1.29 bits per heavy atom. The minimum absolute atomic E-state index is 0.689. The lowest BCUT2D eigenvalue weighted by Crippen LogP contribution is -2.24. The van der Waals surface area contributed by atoms with Gasteiger partial charge in [-0.15, -0.1) is 0 Å². The molecule has 0 aromatic heterocycles. The average molecular weight is 215 g/mol. The highest BCUT2D eigenvalue weighted by atomic mass is 32.2. The highest BCUT2D eigenvalue weighted by Crippen LogP contribution is 2.36. The highest BCUT2D eigenvalue weighted by molar-refractivity contribution is 7.99. The second-order valence-corrected chi connectivity index (χ2v) is 6.40. The summed E-state index contributed by atoms with van der Waals surface area (Å²) >= 11 is 2.16. The zero-order valence-corrected chi connectivity index (χ0v) is 10.6. The van der Waals surface area contributed by atoms with Crippen molar-refractivity contribution >= 4 is 11.8 Å². The van der Waals surface area contributed by atoms with Gasteiger partial charge in [0.15, 0.2) is 0 Å². The van der Waals surface area contributed by atoms with E-state index in [1.165, 1.54) is 25.0 Å². The molecule has 1 saturated carbocycles. The summed E-state index contributed by atoms with van der Waals surface area (Å²) < 4.78 is 0. The molecule has 0 spiro atoms. The van der Waals surface area contributed by atoms with Gasteiger partial charge in [0.1, 0.15) is 0 Å². The zero-order valence-electron chi connectivity index (χ0n) is 9.83. The van der Waals surface area contributed by atoms with Crippen LogP contribution >= 0.6 is 11.8 Å². The maximum Gasteiger partial charge on any atom is 0.00499 e. The Morgan fingerprint density at radius 3 is 2.57 bits per heavy atom. The van der Waals surface area contributed by atoms with Crippen molar-refractivity contribution in [2.45, 2.75) is 45.3 Å². The smallest absolute Gasteiger partial charge is 0.00499 e. The predicted octanol–water partition coefficient (Wildman–Crippen LogP) is 3.14. The van der Waals surface area contributed by atoms with Gasteiger partial charge in [0, 0.05) is 5.25 Å². The third-order valence-corrected chi connectivity index (χ3v) is 5.23. The third kappa shape index (κ3) is 3.82. The number of rotatable bonds is 4. The van der Waals surface area contributed by atoms with Crippen molar-refractivity contribution < 1.29 is 0 Å². The normalized spacial score (nSPS) is 35.6. The molecule has 14 heavy (non-hydrogen) atoms. The fraction of sp³-hybridized carbons (Fsp3) is 1.00. The first-order chi connectivity index (χ1) is 6.63. The summed E-state index contributed by atoms with van der Waals surface area (Å²) in [5.74, 6) is 3.81. The lowest BCUT2D eigenvalue weighted by Gasteiger charge is -2.32. The molecule has 1 fully saturated rings. The Balaban J connectivity index is 2.20. The van der Waals surface area contributed by atoms with Crippen molar-refractivity contribution in [2.75, 3.05) is 12.3 Å². The lowest BCUT2D eigenvalue weighted by atomic mass is 9.81. The van der Waals surface area contributed by atoms with Gasteiger partial charge >= 0.3 is 0 Å². The van der Waals surface area contributed by atoms with Crippen LogP contribution in [0.4, 0.5) is 0 Å². The van der Waals surface area contributed by atoms with Crippen LogP contribution in [0, 0.1) is 17.8 Å². The van der Waals surface area contributed by atoms with Crippen molar-refractivity contribution in [3.63, 3.8) is 0 Å². The first kappa shape index (κ1) is 12.4. The van der Waals surface area contributed by atoms with E-state index in [0.29, 0.717) is 5.92 Å². The topological polar surface area (TPSA) is 26.0 Å². The fourth-order valence-electron chi connectivity index (χ4n) is 2.02. The summed E-state index contributed by atoms with van der Waals surface area (Å²) in [6.07, 6.45) is 4.27. The molecule has 0 heterocycles. The second-order valence-electron chi connectivity index (χ2n) is 5.06. The Morgan fingerprint density at radius 2 is 2.00 bits per heavy atom. The molecular formula is C12H25NS. The summed E-state index contributed by atoms with van der Waals surface area (Å²) in [6.45, 7) is 7.89. The van der Waals surface area contributed by atoms with Crippen LogP contribution in [0.2, 0.25) is 0 Å². The molecule has 0 bridgehead atoms. The Labute approximate surface area is 93.2 Å². The maximum atomic E-state index is 5.62. The van der Waals surface area contributed by atoms with Crippen LogP contribution in [0.3, 0.4) is 0 Å². The molecule has 1 rings (SSSR count). The van der Waals surface area contributed by atoms with Gasteiger partial charge in [-0.2, -0.15) is 11.8 Å². The van der Waals surface area contributed by atoms with Crippen LogP contribution < -0.4 is 5.73 Å². The minimum atomic E-state index is 0.689. The Hall–Kier alpha value is 0.310. The van der Waals surface area contributed by atoms with Gasteiger partial charge in [-0.1, -0.05) is 20.8 Å². The molecule has 0 aromatic rings. The molecule has 2 heteroatoms. The molecule has 0 aliphatic heterocycles. The molecule has 84 valence electrons. The van der Waals surface area contributed by atoms with Gasteiger partial charge in [0.25, 0.3) is 0 Å². The van der Waals surface area contributed by atoms with Gasteiger partial charge in [-0.05, 0) is 49.3 Å². The SMILES string of the molecule is CC(CN)CSC1CCC(C)C(C)C1. The van der Waals surface area contributed by atoms with E-state index in [4.69, 9.17) is 5.73 Å². The molecule has 0 aromatic carbocycles. The molecule has 1 aliphatic carbocycles. The van der Waals surface area contributed by atoms with E-state index >= 15 is 0 Å². The summed E-state index contributed by atoms with van der Waals surface area (Å²) in [6, 6.07) is 0.